The molecule has 0 atom stereocenters. The monoisotopic (exact) mass is 242 g/mol. The number of hydrogen-bond donors (Lipinski definition) is 2. The molecule has 100 valence electrons. The Morgan fingerprint density at radius 1 is 1.41 bits per heavy atom. The van der Waals surface area contributed by atoms with Crippen molar-refractivity contribution in [3.8, 4) is 0 Å². The first kappa shape index (κ1) is 14.5. The maximum Gasteiger partial charge on any atom is 0.222 e. The first-order chi connectivity index (χ1) is 8.18. The Labute approximate surface area is 104 Å². The third-order valence-electron chi connectivity index (χ3n) is 3.01. The summed E-state index contributed by atoms with van der Waals surface area (Å²) in [6.07, 6.45) is 4.01. The van der Waals surface area contributed by atoms with E-state index >= 15 is 0 Å². The number of amides is 1. The van der Waals surface area contributed by atoms with Gasteiger partial charge in [0.1, 0.15) is 0 Å². The molecular weight excluding hydrogens is 216 g/mol. The van der Waals surface area contributed by atoms with Gasteiger partial charge in [0.25, 0.3) is 0 Å². The summed E-state index contributed by atoms with van der Waals surface area (Å²) in [5.41, 5.74) is 0. The average molecular weight is 242 g/mol. The molecule has 0 bridgehead atoms. The van der Waals surface area contributed by atoms with Gasteiger partial charge in [-0.25, -0.2) is 0 Å². The topological polar surface area (TPSA) is 50.4 Å². The molecule has 1 saturated heterocycles. The molecule has 1 rings (SSSR count). The number of hydrogen-bond acceptors (Lipinski definition) is 3. The van der Waals surface area contributed by atoms with Crippen molar-refractivity contribution < 1.29 is 9.53 Å². The highest BCUT2D eigenvalue weighted by atomic mass is 16.5. The maximum absolute atomic E-state index is 11.5. The largest absolute Gasteiger partial charge is 0.378 e. The van der Waals surface area contributed by atoms with E-state index in [1.807, 2.05) is 0 Å². The minimum atomic E-state index is 0.111. The average Bonchev–Trinajstić information content (AvgIpc) is 2.30. The third-order valence-corrected chi connectivity index (χ3v) is 3.01. The first-order valence-electron chi connectivity index (χ1n) is 6.77. The molecule has 0 aliphatic carbocycles. The predicted octanol–water partition coefficient (Wildman–Crippen LogP) is 1.31. The highest BCUT2D eigenvalue weighted by Gasteiger charge is 2.13. The molecule has 0 saturated carbocycles. The van der Waals surface area contributed by atoms with E-state index in [2.05, 4.69) is 24.5 Å². The lowest BCUT2D eigenvalue weighted by molar-refractivity contribution is -0.122. The molecule has 1 heterocycles. The lowest BCUT2D eigenvalue weighted by atomic mass is 10.1. The van der Waals surface area contributed by atoms with Gasteiger partial charge in [-0.3, -0.25) is 4.79 Å². The number of carbonyl (C=O) groups excluding carboxylic acids is 1. The molecule has 1 fully saturated rings. The van der Waals surface area contributed by atoms with Crippen LogP contribution < -0.4 is 10.6 Å². The summed E-state index contributed by atoms with van der Waals surface area (Å²) in [6.45, 7) is 7.72. The fourth-order valence-electron chi connectivity index (χ4n) is 1.87. The minimum Gasteiger partial charge on any atom is -0.378 e. The van der Waals surface area contributed by atoms with Crippen molar-refractivity contribution in [1.82, 2.24) is 10.6 Å². The molecule has 17 heavy (non-hydrogen) atoms. The highest BCUT2D eigenvalue weighted by molar-refractivity contribution is 5.75. The van der Waals surface area contributed by atoms with E-state index in [1.165, 1.54) is 0 Å². The third kappa shape index (κ3) is 7.34. The van der Waals surface area contributed by atoms with Crippen molar-refractivity contribution in [1.29, 1.82) is 0 Å². The predicted molar refractivity (Wildman–Crippen MR) is 68.9 cm³/mol. The second-order valence-electron chi connectivity index (χ2n) is 5.10. The number of piperidine rings is 1. The quantitative estimate of drug-likeness (QED) is 0.707. The molecule has 0 aromatic heterocycles. The zero-order chi connectivity index (χ0) is 12.5. The van der Waals surface area contributed by atoms with Crippen LogP contribution in [0.5, 0.6) is 0 Å². The van der Waals surface area contributed by atoms with Gasteiger partial charge in [-0.05, 0) is 38.3 Å². The maximum atomic E-state index is 11.5. The van der Waals surface area contributed by atoms with Crippen LogP contribution in [-0.4, -0.2) is 38.3 Å². The van der Waals surface area contributed by atoms with E-state index in [9.17, 15) is 4.79 Å². The summed E-state index contributed by atoms with van der Waals surface area (Å²) >= 11 is 0. The SMILES string of the molecule is CC(C)CCNC(=O)CCOC1CCNCC1. The van der Waals surface area contributed by atoms with Gasteiger partial charge in [0.15, 0.2) is 0 Å². The molecule has 1 amide bonds. The Balaban J connectivity index is 1.95. The van der Waals surface area contributed by atoms with Crippen molar-refractivity contribution in [2.75, 3.05) is 26.2 Å². The smallest absolute Gasteiger partial charge is 0.222 e. The van der Waals surface area contributed by atoms with Gasteiger partial charge < -0.3 is 15.4 Å². The molecule has 0 aromatic rings. The van der Waals surface area contributed by atoms with Crippen molar-refractivity contribution in [3.05, 3.63) is 0 Å². The number of rotatable bonds is 7. The summed E-state index contributed by atoms with van der Waals surface area (Å²) in [5.74, 6) is 0.751. The number of nitrogens with one attached hydrogen (secondary N) is 2. The van der Waals surface area contributed by atoms with Gasteiger partial charge >= 0.3 is 0 Å². The molecule has 0 radical (unpaired) electrons. The van der Waals surface area contributed by atoms with Gasteiger partial charge in [-0.1, -0.05) is 13.8 Å². The Kier molecular flexibility index (Phi) is 7.21. The molecular formula is C13H26N2O2. The van der Waals surface area contributed by atoms with Crippen molar-refractivity contribution in [2.24, 2.45) is 5.92 Å². The van der Waals surface area contributed by atoms with Gasteiger partial charge in [0.05, 0.1) is 12.7 Å². The first-order valence-corrected chi connectivity index (χ1v) is 6.77. The summed E-state index contributed by atoms with van der Waals surface area (Å²) in [6, 6.07) is 0. The van der Waals surface area contributed by atoms with Crippen LogP contribution in [-0.2, 0) is 9.53 Å². The van der Waals surface area contributed by atoms with Gasteiger partial charge in [0, 0.05) is 13.0 Å². The molecule has 4 heteroatoms. The molecule has 2 N–H and O–H groups in total. The number of ether oxygens (including phenoxy) is 1. The summed E-state index contributed by atoms with van der Waals surface area (Å²) in [7, 11) is 0. The zero-order valence-electron chi connectivity index (χ0n) is 11.1. The van der Waals surface area contributed by atoms with Crippen molar-refractivity contribution >= 4 is 5.91 Å². The van der Waals surface area contributed by atoms with E-state index < -0.39 is 0 Å². The van der Waals surface area contributed by atoms with Crippen LogP contribution in [0.3, 0.4) is 0 Å². The molecule has 1 aliphatic heterocycles. The Hall–Kier alpha value is -0.610. The van der Waals surface area contributed by atoms with Crippen LogP contribution in [0.2, 0.25) is 0 Å². The van der Waals surface area contributed by atoms with E-state index in [-0.39, 0.29) is 5.91 Å². The Morgan fingerprint density at radius 2 is 2.12 bits per heavy atom. The van der Waals surface area contributed by atoms with Crippen LogP contribution in [0.15, 0.2) is 0 Å². The minimum absolute atomic E-state index is 0.111. The summed E-state index contributed by atoms with van der Waals surface area (Å²) in [4.78, 5) is 11.5. The van der Waals surface area contributed by atoms with E-state index in [1.54, 1.807) is 0 Å². The lowest BCUT2D eigenvalue weighted by Crippen LogP contribution is -2.33. The molecule has 4 nitrogen and oxygen atoms in total. The normalized spacial score (nSPS) is 17.4. The zero-order valence-corrected chi connectivity index (χ0v) is 11.1. The highest BCUT2D eigenvalue weighted by Crippen LogP contribution is 2.07. The number of carbonyl (C=O) groups is 1. The molecule has 0 aromatic carbocycles. The Morgan fingerprint density at radius 3 is 2.76 bits per heavy atom. The fraction of sp³-hybridized carbons (Fsp3) is 0.923. The molecule has 1 aliphatic rings. The van der Waals surface area contributed by atoms with E-state index in [0.717, 1.165) is 38.9 Å². The van der Waals surface area contributed by atoms with E-state index in [4.69, 9.17) is 4.74 Å². The van der Waals surface area contributed by atoms with E-state index in [0.29, 0.717) is 25.0 Å². The van der Waals surface area contributed by atoms with Gasteiger partial charge in [0.2, 0.25) is 5.91 Å². The second kappa shape index (κ2) is 8.48. The lowest BCUT2D eigenvalue weighted by Gasteiger charge is -2.22. The van der Waals surface area contributed by atoms with Crippen LogP contribution >= 0.6 is 0 Å². The fourth-order valence-corrected chi connectivity index (χ4v) is 1.87. The van der Waals surface area contributed by atoms with Crippen LogP contribution in [0, 0.1) is 5.92 Å². The summed E-state index contributed by atoms with van der Waals surface area (Å²) < 4.78 is 5.68. The Bertz CT molecular complexity index is 213. The van der Waals surface area contributed by atoms with Crippen LogP contribution in [0.1, 0.15) is 39.5 Å². The van der Waals surface area contributed by atoms with Gasteiger partial charge in [-0.15, -0.1) is 0 Å². The van der Waals surface area contributed by atoms with Crippen molar-refractivity contribution in [2.45, 2.75) is 45.6 Å². The molecule has 0 spiro atoms. The van der Waals surface area contributed by atoms with Crippen molar-refractivity contribution in [3.63, 3.8) is 0 Å². The molecule has 0 unspecified atom stereocenters. The van der Waals surface area contributed by atoms with Gasteiger partial charge in [-0.2, -0.15) is 0 Å². The van der Waals surface area contributed by atoms with Crippen LogP contribution in [0.25, 0.3) is 0 Å². The van der Waals surface area contributed by atoms with Crippen LogP contribution in [0.4, 0.5) is 0 Å². The second-order valence-corrected chi connectivity index (χ2v) is 5.10. The standard InChI is InChI=1S/C13H26N2O2/c1-11(2)3-9-15-13(16)6-10-17-12-4-7-14-8-5-12/h11-12,14H,3-10H2,1-2H3,(H,15,16). The summed E-state index contributed by atoms with van der Waals surface area (Å²) in [5, 5.41) is 6.21.